The molecule has 0 aliphatic rings. The molecule has 0 amide bonds. The van der Waals surface area contributed by atoms with Gasteiger partial charge in [0.1, 0.15) is 11.6 Å². The number of aryl methyl sites for hydroxylation is 2. The highest BCUT2D eigenvalue weighted by molar-refractivity contribution is 6.32. The van der Waals surface area contributed by atoms with E-state index < -0.39 is 0 Å². The number of benzene rings is 1. The Balaban J connectivity index is 2.71. The Bertz CT molecular complexity index is 561. The Labute approximate surface area is 106 Å². The number of rotatable bonds is 2. The average molecular weight is 251 g/mol. The van der Waals surface area contributed by atoms with Crippen LogP contribution >= 0.6 is 11.6 Å². The van der Waals surface area contributed by atoms with Gasteiger partial charge in [-0.3, -0.25) is 0 Å². The van der Waals surface area contributed by atoms with Crippen LogP contribution in [0.1, 0.15) is 17.0 Å². The highest BCUT2D eigenvalue weighted by Gasteiger charge is 2.15. The first-order valence-corrected chi connectivity index (χ1v) is 5.78. The average Bonchev–Trinajstić information content (AvgIpc) is 2.71. The third-order valence-electron chi connectivity index (χ3n) is 2.84. The highest BCUT2D eigenvalue weighted by Crippen LogP contribution is 2.37. The van der Waals surface area contributed by atoms with Crippen molar-refractivity contribution in [2.24, 2.45) is 0 Å². The predicted molar refractivity (Wildman–Crippen MR) is 69.8 cm³/mol. The zero-order valence-electron chi connectivity index (χ0n) is 10.4. The van der Waals surface area contributed by atoms with E-state index in [0.29, 0.717) is 0 Å². The Morgan fingerprint density at radius 2 is 2.00 bits per heavy atom. The van der Waals surface area contributed by atoms with Crippen LogP contribution in [0.3, 0.4) is 0 Å². The van der Waals surface area contributed by atoms with E-state index >= 15 is 0 Å². The summed E-state index contributed by atoms with van der Waals surface area (Å²) in [5.74, 6) is 1.69. The van der Waals surface area contributed by atoms with Crippen LogP contribution in [0.5, 0.6) is 5.75 Å². The molecule has 0 radical (unpaired) electrons. The third-order valence-corrected chi connectivity index (χ3v) is 3.42. The van der Waals surface area contributed by atoms with Crippen LogP contribution < -0.4 is 4.74 Å². The standard InChI is InChI=1S/C13H15ClN2O/c1-7-5-11(17-4)12(8(2)13(7)14)10-6-15-9(3)16-10/h5-6H,1-4H3,(H,15,16). The molecule has 0 aliphatic heterocycles. The summed E-state index contributed by atoms with van der Waals surface area (Å²) in [4.78, 5) is 7.41. The second-order valence-electron chi connectivity index (χ2n) is 4.09. The molecule has 1 aromatic heterocycles. The van der Waals surface area contributed by atoms with Crippen LogP contribution in [0.25, 0.3) is 11.3 Å². The summed E-state index contributed by atoms with van der Waals surface area (Å²) in [5, 5.41) is 0.771. The van der Waals surface area contributed by atoms with Crippen LogP contribution in [0, 0.1) is 20.8 Å². The van der Waals surface area contributed by atoms with E-state index in [0.717, 1.165) is 39.0 Å². The van der Waals surface area contributed by atoms with Crippen molar-refractivity contribution in [2.75, 3.05) is 7.11 Å². The van der Waals surface area contributed by atoms with Gasteiger partial charge in [0.15, 0.2) is 0 Å². The maximum atomic E-state index is 6.28. The van der Waals surface area contributed by atoms with Crippen molar-refractivity contribution in [1.29, 1.82) is 0 Å². The lowest BCUT2D eigenvalue weighted by molar-refractivity contribution is 0.415. The third kappa shape index (κ3) is 2.03. The Hall–Kier alpha value is -1.48. The summed E-state index contributed by atoms with van der Waals surface area (Å²) in [6.45, 7) is 5.88. The quantitative estimate of drug-likeness (QED) is 0.883. The minimum atomic E-state index is 0.771. The molecule has 1 heterocycles. The van der Waals surface area contributed by atoms with Crippen LogP contribution in [-0.2, 0) is 0 Å². The number of aromatic amines is 1. The van der Waals surface area contributed by atoms with E-state index in [4.69, 9.17) is 16.3 Å². The molecule has 2 aromatic rings. The summed E-state index contributed by atoms with van der Waals surface area (Å²) in [6, 6.07) is 1.95. The van der Waals surface area contributed by atoms with Crippen molar-refractivity contribution in [3.8, 4) is 17.0 Å². The number of hydrogen-bond donors (Lipinski definition) is 1. The number of hydrogen-bond acceptors (Lipinski definition) is 2. The smallest absolute Gasteiger partial charge is 0.128 e. The van der Waals surface area contributed by atoms with Crippen molar-refractivity contribution in [1.82, 2.24) is 9.97 Å². The first-order valence-electron chi connectivity index (χ1n) is 5.40. The summed E-state index contributed by atoms with van der Waals surface area (Å²) < 4.78 is 5.42. The van der Waals surface area contributed by atoms with E-state index in [1.54, 1.807) is 13.3 Å². The predicted octanol–water partition coefficient (Wildman–Crippen LogP) is 3.66. The molecule has 90 valence electrons. The zero-order valence-corrected chi connectivity index (χ0v) is 11.1. The number of halogens is 1. The van der Waals surface area contributed by atoms with Gasteiger partial charge in [0.25, 0.3) is 0 Å². The summed E-state index contributed by atoms with van der Waals surface area (Å²) in [7, 11) is 1.66. The fourth-order valence-electron chi connectivity index (χ4n) is 1.97. The molecule has 3 nitrogen and oxygen atoms in total. The molecule has 0 bridgehead atoms. The number of nitrogens with zero attached hydrogens (tertiary/aromatic N) is 1. The van der Waals surface area contributed by atoms with E-state index in [-0.39, 0.29) is 0 Å². The summed E-state index contributed by atoms with van der Waals surface area (Å²) >= 11 is 6.28. The number of methoxy groups -OCH3 is 1. The lowest BCUT2D eigenvalue weighted by Crippen LogP contribution is -1.94. The van der Waals surface area contributed by atoms with Crippen molar-refractivity contribution in [3.05, 3.63) is 34.2 Å². The molecule has 17 heavy (non-hydrogen) atoms. The van der Waals surface area contributed by atoms with Gasteiger partial charge in [-0.1, -0.05) is 11.6 Å². The largest absolute Gasteiger partial charge is 0.496 e. The molecule has 0 atom stereocenters. The molecule has 0 saturated heterocycles. The monoisotopic (exact) mass is 250 g/mol. The zero-order chi connectivity index (χ0) is 12.6. The minimum Gasteiger partial charge on any atom is -0.496 e. The highest BCUT2D eigenvalue weighted by atomic mass is 35.5. The lowest BCUT2D eigenvalue weighted by Gasteiger charge is -2.13. The van der Waals surface area contributed by atoms with Crippen molar-refractivity contribution < 1.29 is 4.74 Å². The maximum absolute atomic E-state index is 6.28. The minimum absolute atomic E-state index is 0.771. The number of ether oxygens (including phenoxy) is 1. The van der Waals surface area contributed by atoms with Crippen molar-refractivity contribution in [2.45, 2.75) is 20.8 Å². The van der Waals surface area contributed by atoms with E-state index in [2.05, 4.69) is 9.97 Å². The van der Waals surface area contributed by atoms with Gasteiger partial charge in [0.05, 0.1) is 19.0 Å². The van der Waals surface area contributed by atoms with E-state index in [9.17, 15) is 0 Å². The van der Waals surface area contributed by atoms with Gasteiger partial charge in [-0.2, -0.15) is 0 Å². The molecule has 0 saturated carbocycles. The lowest BCUT2D eigenvalue weighted by atomic mass is 10.0. The molecule has 2 rings (SSSR count). The number of H-pyrrole nitrogens is 1. The Morgan fingerprint density at radius 1 is 1.29 bits per heavy atom. The molecule has 0 fully saturated rings. The van der Waals surface area contributed by atoms with Gasteiger partial charge in [0, 0.05) is 10.6 Å². The van der Waals surface area contributed by atoms with Gasteiger partial charge in [-0.15, -0.1) is 0 Å². The van der Waals surface area contributed by atoms with Gasteiger partial charge >= 0.3 is 0 Å². The number of aromatic nitrogens is 2. The Kier molecular flexibility index (Phi) is 3.11. The molecular weight excluding hydrogens is 236 g/mol. The van der Waals surface area contributed by atoms with E-state index in [1.165, 1.54) is 0 Å². The first-order chi connectivity index (χ1) is 8.04. The van der Waals surface area contributed by atoms with Crippen molar-refractivity contribution in [3.63, 3.8) is 0 Å². The van der Waals surface area contributed by atoms with Gasteiger partial charge < -0.3 is 9.72 Å². The number of imidazole rings is 1. The molecule has 0 spiro atoms. The van der Waals surface area contributed by atoms with Gasteiger partial charge in [-0.25, -0.2) is 4.98 Å². The first kappa shape index (κ1) is 12.0. The second-order valence-corrected chi connectivity index (χ2v) is 4.47. The molecule has 1 N–H and O–H groups in total. The van der Waals surface area contributed by atoms with Crippen LogP contribution in [0.4, 0.5) is 0 Å². The molecule has 0 aliphatic carbocycles. The number of nitrogens with one attached hydrogen (secondary N) is 1. The molecule has 1 aromatic carbocycles. The van der Waals surface area contributed by atoms with Crippen molar-refractivity contribution >= 4 is 11.6 Å². The normalized spacial score (nSPS) is 10.6. The molecule has 0 unspecified atom stereocenters. The van der Waals surface area contributed by atoms with E-state index in [1.807, 2.05) is 26.8 Å². The second kappa shape index (κ2) is 4.41. The molecule has 4 heteroatoms. The summed E-state index contributed by atoms with van der Waals surface area (Å²) in [5.41, 5.74) is 3.93. The van der Waals surface area contributed by atoms with Gasteiger partial charge in [-0.05, 0) is 38.0 Å². The van der Waals surface area contributed by atoms with Crippen LogP contribution in [-0.4, -0.2) is 17.1 Å². The van der Waals surface area contributed by atoms with Crippen LogP contribution in [0.15, 0.2) is 12.3 Å². The van der Waals surface area contributed by atoms with Gasteiger partial charge in [0.2, 0.25) is 0 Å². The topological polar surface area (TPSA) is 37.9 Å². The maximum Gasteiger partial charge on any atom is 0.128 e. The SMILES string of the molecule is COc1cc(C)c(Cl)c(C)c1-c1cnc(C)[nH]1. The Morgan fingerprint density at radius 3 is 2.53 bits per heavy atom. The fraction of sp³-hybridized carbons (Fsp3) is 0.308. The fourth-order valence-corrected chi connectivity index (χ4v) is 2.12. The van der Waals surface area contributed by atoms with Crippen LogP contribution in [0.2, 0.25) is 5.02 Å². The summed E-state index contributed by atoms with van der Waals surface area (Å²) in [6.07, 6.45) is 1.80. The molecular formula is C13H15ClN2O.